The molecule has 0 saturated carbocycles. The van der Waals surface area contributed by atoms with E-state index in [2.05, 4.69) is 13.5 Å². The molecule has 30 heavy (non-hydrogen) atoms. The molecular weight excluding hydrogens is 404 g/mol. The second kappa shape index (κ2) is 9.30. The molecule has 3 rings (SSSR count). The standard InChI is InChI=1S/C22H34N2O5S/c1-4-8-14(3)23(11-5-2)20(27)18-22-10-9-15(30-22)16(21(28)29)17(22)19(26)24(18)12-6-7-13-25/h5,14-18,25H,2,4,6-13H2,1,3H3,(H,28,29)/t14?,15-,16+,17+,18?,22?/m1/s1. The minimum atomic E-state index is -0.932. The van der Waals surface area contributed by atoms with E-state index in [1.807, 2.05) is 11.8 Å². The van der Waals surface area contributed by atoms with Gasteiger partial charge in [-0.2, -0.15) is 0 Å². The third-order valence-corrected chi connectivity index (χ3v) is 8.93. The van der Waals surface area contributed by atoms with E-state index in [1.165, 1.54) is 0 Å². The number of aliphatic carboxylic acids is 1. The Morgan fingerprint density at radius 1 is 1.43 bits per heavy atom. The number of aliphatic hydroxyl groups is 1. The number of carbonyl (C=O) groups excluding carboxylic acids is 2. The molecule has 0 aromatic carbocycles. The predicted molar refractivity (Wildman–Crippen MR) is 116 cm³/mol. The van der Waals surface area contributed by atoms with E-state index in [9.17, 15) is 24.6 Å². The molecule has 3 saturated heterocycles. The van der Waals surface area contributed by atoms with Crippen LogP contribution in [0, 0.1) is 11.8 Å². The fraction of sp³-hybridized carbons (Fsp3) is 0.773. The lowest BCUT2D eigenvalue weighted by molar-refractivity contribution is -0.148. The van der Waals surface area contributed by atoms with Gasteiger partial charge in [0.1, 0.15) is 6.04 Å². The fourth-order valence-corrected chi connectivity index (χ4v) is 7.91. The average molecular weight is 439 g/mol. The first-order chi connectivity index (χ1) is 14.3. The van der Waals surface area contributed by atoms with Crippen LogP contribution in [0.5, 0.6) is 0 Å². The Morgan fingerprint density at radius 3 is 2.77 bits per heavy atom. The number of unbranched alkanes of at least 4 members (excludes halogenated alkanes) is 1. The molecule has 3 fully saturated rings. The molecule has 0 aliphatic carbocycles. The third-order valence-electron chi connectivity index (χ3n) is 6.97. The molecular formula is C22H34N2O5S. The van der Waals surface area contributed by atoms with Gasteiger partial charge in [-0.1, -0.05) is 19.4 Å². The Labute approximate surface area is 182 Å². The number of hydrogen-bond donors (Lipinski definition) is 2. The van der Waals surface area contributed by atoms with Crippen LogP contribution in [-0.4, -0.2) is 79.6 Å². The van der Waals surface area contributed by atoms with E-state index in [1.54, 1.807) is 22.7 Å². The maximum atomic E-state index is 13.9. The Hall–Kier alpha value is -1.54. The summed E-state index contributed by atoms with van der Waals surface area (Å²) >= 11 is 1.56. The summed E-state index contributed by atoms with van der Waals surface area (Å²) in [6.07, 6.45) is 6.07. The van der Waals surface area contributed by atoms with Crippen molar-refractivity contribution in [2.45, 2.75) is 74.5 Å². The number of fused-ring (bicyclic) bond motifs is 1. The van der Waals surface area contributed by atoms with Gasteiger partial charge in [-0.05, 0) is 39.0 Å². The van der Waals surface area contributed by atoms with Gasteiger partial charge in [0.15, 0.2) is 0 Å². The van der Waals surface area contributed by atoms with Crippen molar-refractivity contribution in [3.8, 4) is 0 Å². The third kappa shape index (κ3) is 3.66. The summed E-state index contributed by atoms with van der Waals surface area (Å²) in [7, 11) is 0. The van der Waals surface area contributed by atoms with Crippen LogP contribution in [0.25, 0.3) is 0 Å². The summed E-state index contributed by atoms with van der Waals surface area (Å²) in [5.41, 5.74) is 0. The molecule has 2 bridgehead atoms. The second-order valence-electron chi connectivity index (χ2n) is 8.77. The van der Waals surface area contributed by atoms with Gasteiger partial charge in [0.2, 0.25) is 11.8 Å². The molecule has 1 spiro atoms. The van der Waals surface area contributed by atoms with Crippen molar-refractivity contribution in [3.63, 3.8) is 0 Å². The van der Waals surface area contributed by atoms with Gasteiger partial charge in [0, 0.05) is 31.0 Å². The molecule has 0 radical (unpaired) electrons. The summed E-state index contributed by atoms with van der Waals surface area (Å²) in [5.74, 6) is -2.59. The number of thioether (sulfide) groups is 1. The van der Waals surface area contributed by atoms with Gasteiger partial charge in [-0.25, -0.2) is 0 Å². The van der Waals surface area contributed by atoms with Crippen molar-refractivity contribution in [3.05, 3.63) is 12.7 Å². The highest BCUT2D eigenvalue weighted by molar-refractivity contribution is 8.02. The number of rotatable bonds is 11. The molecule has 3 aliphatic rings. The number of nitrogens with zero attached hydrogens (tertiary/aromatic N) is 2. The van der Waals surface area contributed by atoms with E-state index < -0.39 is 28.6 Å². The Bertz CT molecular complexity index is 701. The molecule has 0 aromatic rings. The number of aliphatic hydroxyl groups excluding tert-OH is 1. The summed E-state index contributed by atoms with van der Waals surface area (Å²) < 4.78 is -0.660. The highest BCUT2D eigenvalue weighted by Gasteiger charge is 2.73. The van der Waals surface area contributed by atoms with Crippen molar-refractivity contribution in [1.82, 2.24) is 9.80 Å². The van der Waals surface area contributed by atoms with E-state index in [0.717, 1.165) is 19.3 Å². The molecule has 168 valence electrons. The first-order valence-corrected chi connectivity index (χ1v) is 11.9. The van der Waals surface area contributed by atoms with Crippen LogP contribution in [0.1, 0.15) is 52.4 Å². The first-order valence-electron chi connectivity index (χ1n) is 11.1. The maximum Gasteiger partial charge on any atom is 0.308 e. The lowest BCUT2D eigenvalue weighted by atomic mass is 9.71. The zero-order valence-electron chi connectivity index (χ0n) is 18.0. The Balaban J connectivity index is 1.99. The van der Waals surface area contributed by atoms with Crippen molar-refractivity contribution >= 4 is 29.5 Å². The number of carbonyl (C=O) groups is 3. The molecule has 3 heterocycles. The molecule has 2 amide bonds. The molecule has 3 aliphatic heterocycles. The highest BCUT2D eigenvalue weighted by Crippen LogP contribution is 2.66. The fourth-order valence-electron chi connectivity index (χ4n) is 5.71. The number of hydrogen-bond acceptors (Lipinski definition) is 5. The van der Waals surface area contributed by atoms with Crippen molar-refractivity contribution in [2.75, 3.05) is 19.7 Å². The highest BCUT2D eigenvalue weighted by atomic mass is 32.2. The van der Waals surface area contributed by atoms with Crippen molar-refractivity contribution < 1.29 is 24.6 Å². The van der Waals surface area contributed by atoms with Gasteiger partial charge in [0.25, 0.3) is 0 Å². The molecule has 0 aromatic heterocycles. The molecule has 8 heteroatoms. The normalized spacial score (nSPS) is 32.9. The average Bonchev–Trinajstić information content (AvgIpc) is 3.34. The lowest BCUT2D eigenvalue weighted by Crippen LogP contribution is -2.56. The minimum Gasteiger partial charge on any atom is -0.481 e. The Kier molecular flexibility index (Phi) is 7.17. The van der Waals surface area contributed by atoms with Gasteiger partial charge in [-0.3, -0.25) is 14.4 Å². The molecule has 7 nitrogen and oxygen atoms in total. The van der Waals surface area contributed by atoms with Gasteiger partial charge in [-0.15, -0.1) is 18.3 Å². The molecule has 3 unspecified atom stereocenters. The Morgan fingerprint density at radius 2 is 2.17 bits per heavy atom. The topological polar surface area (TPSA) is 98.2 Å². The number of carboxylic acid groups (broad SMARTS) is 1. The number of carboxylic acids is 1. The van der Waals surface area contributed by atoms with Crippen LogP contribution in [-0.2, 0) is 14.4 Å². The van der Waals surface area contributed by atoms with Crippen LogP contribution < -0.4 is 0 Å². The zero-order chi connectivity index (χ0) is 22.1. The monoisotopic (exact) mass is 438 g/mol. The van der Waals surface area contributed by atoms with Crippen LogP contribution in [0.4, 0.5) is 0 Å². The summed E-state index contributed by atoms with van der Waals surface area (Å²) in [4.78, 5) is 42.9. The SMILES string of the molecule is C=CCN(C(=O)C1N(CCCCO)C(=O)[C@@H]2[C@@H](C(=O)O)[C@H]3CCC12S3)C(C)CCC. The van der Waals surface area contributed by atoms with E-state index in [0.29, 0.717) is 32.4 Å². The van der Waals surface area contributed by atoms with Gasteiger partial charge < -0.3 is 20.0 Å². The van der Waals surface area contributed by atoms with Crippen LogP contribution in [0.2, 0.25) is 0 Å². The number of likely N-dealkylation sites (tertiary alicyclic amines) is 1. The van der Waals surface area contributed by atoms with Crippen molar-refractivity contribution in [2.24, 2.45) is 11.8 Å². The number of amides is 2. The van der Waals surface area contributed by atoms with Crippen LogP contribution in [0.15, 0.2) is 12.7 Å². The smallest absolute Gasteiger partial charge is 0.308 e. The van der Waals surface area contributed by atoms with E-state index in [-0.39, 0.29) is 29.7 Å². The zero-order valence-corrected chi connectivity index (χ0v) is 18.8. The minimum absolute atomic E-state index is 0.0178. The summed E-state index contributed by atoms with van der Waals surface area (Å²) in [6.45, 7) is 8.71. The largest absolute Gasteiger partial charge is 0.481 e. The van der Waals surface area contributed by atoms with Crippen molar-refractivity contribution in [1.29, 1.82) is 0 Å². The maximum absolute atomic E-state index is 13.9. The first kappa shape index (κ1) is 23.1. The summed E-state index contributed by atoms with van der Waals surface area (Å²) in [6, 6.07) is -0.628. The molecule has 6 atom stereocenters. The predicted octanol–water partition coefficient (Wildman–Crippen LogP) is 2.14. The molecule has 2 N–H and O–H groups in total. The van der Waals surface area contributed by atoms with Gasteiger partial charge >= 0.3 is 5.97 Å². The van der Waals surface area contributed by atoms with Crippen LogP contribution >= 0.6 is 11.8 Å². The van der Waals surface area contributed by atoms with E-state index in [4.69, 9.17) is 0 Å². The second-order valence-corrected chi connectivity index (χ2v) is 10.4. The quantitative estimate of drug-likeness (QED) is 0.379. The van der Waals surface area contributed by atoms with E-state index >= 15 is 0 Å². The van der Waals surface area contributed by atoms with Crippen LogP contribution in [0.3, 0.4) is 0 Å². The van der Waals surface area contributed by atoms with Gasteiger partial charge in [0.05, 0.1) is 16.6 Å². The lowest BCUT2D eigenvalue weighted by Gasteiger charge is -2.39. The summed E-state index contributed by atoms with van der Waals surface area (Å²) in [5, 5.41) is 18.9.